The van der Waals surface area contributed by atoms with Gasteiger partial charge in [-0.1, -0.05) is 26.7 Å². The molecule has 1 fully saturated rings. The summed E-state index contributed by atoms with van der Waals surface area (Å²) in [5.74, 6) is 0. The van der Waals surface area contributed by atoms with E-state index in [1.807, 2.05) is 6.92 Å². The molecule has 1 aliphatic rings. The van der Waals surface area contributed by atoms with E-state index in [-0.39, 0.29) is 12.2 Å². The van der Waals surface area contributed by atoms with E-state index in [9.17, 15) is 10.2 Å². The maximum atomic E-state index is 10.0. The maximum absolute atomic E-state index is 10.0. The molecule has 114 valence electrons. The number of hydrogen-bond acceptors (Lipinski definition) is 5. The van der Waals surface area contributed by atoms with Gasteiger partial charge in [0.1, 0.15) is 18.3 Å². The van der Waals surface area contributed by atoms with Crippen LogP contribution in [0.1, 0.15) is 46.5 Å². The van der Waals surface area contributed by atoms with Crippen molar-refractivity contribution in [2.24, 2.45) is 0 Å². The van der Waals surface area contributed by atoms with Crippen molar-refractivity contribution in [2.45, 2.75) is 77.2 Å². The van der Waals surface area contributed by atoms with Gasteiger partial charge in [-0.3, -0.25) is 0 Å². The standard InChI is InChI=1S/C14H28O5/c1-4-6-8-17-12-10(3)19-14(16)11(15)13(12)18-9-7-5-2/h10-16H,4-9H2,1-3H3/t10?,11-,12-,13?,14-/m0/s1. The fourth-order valence-electron chi connectivity index (χ4n) is 2.15. The Kier molecular flexibility index (Phi) is 7.87. The van der Waals surface area contributed by atoms with E-state index in [4.69, 9.17) is 14.2 Å². The number of unbranched alkanes of at least 4 members (excludes halogenated alkanes) is 2. The second-order valence-electron chi connectivity index (χ2n) is 5.10. The van der Waals surface area contributed by atoms with Crippen molar-refractivity contribution < 1.29 is 24.4 Å². The Morgan fingerprint density at radius 2 is 1.47 bits per heavy atom. The van der Waals surface area contributed by atoms with E-state index in [2.05, 4.69) is 13.8 Å². The summed E-state index contributed by atoms with van der Waals surface area (Å²) in [4.78, 5) is 0. The van der Waals surface area contributed by atoms with E-state index in [1.54, 1.807) is 0 Å². The number of rotatable bonds is 8. The van der Waals surface area contributed by atoms with Crippen molar-refractivity contribution in [3.63, 3.8) is 0 Å². The minimum absolute atomic E-state index is 0.290. The molecule has 1 aliphatic heterocycles. The molecule has 0 aromatic rings. The molecule has 5 atom stereocenters. The fourth-order valence-corrected chi connectivity index (χ4v) is 2.15. The lowest BCUT2D eigenvalue weighted by Gasteiger charge is -2.41. The Hall–Kier alpha value is -0.200. The van der Waals surface area contributed by atoms with E-state index in [0.29, 0.717) is 13.2 Å². The number of ether oxygens (including phenoxy) is 3. The first-order valence-corrected chi connectivity index (χ1v) is 7.36. The predicted octanol–water partition coefficient (Wildman–Crippen LogP) is 1.46. The summed E-state index contributed by atoms with van der Waals surface area (Å²) in [7, 11) is 0. The maximum Gasteiger partial charge on any atom is 0.183 e. The molecule has 0 bridgehead atoms. The predicted molar refractivity (Wildman–Crippen MR) is 71.9 cm³/mol. The van der Waals surface area contributed by atoms with E-state index < -0.39 is 18.5 Å². The van der Waals surface area contributed by atoms with Crippen LogP contribution in [-0.2, 0) is 14.2 Å². The molecule has 5 heteroatoms. The van der Waals surface area contributed by atoms with Crippen molar-refractivity contribution >= 4 is 0 Å². The third-order valence-electron chi connectivity index (χ3n) is 3.39. The first kappa shape index (κ1) is 16.9. The van der Waals surface area contributed by atoms with Gasteiger partial charge in [0.2, 0.25) is 0 Å². The monoisotopic (exact) mass is 276 g/mol. The SMILES string of the molecule is CCCCOC1[C@@H](OCCCC)C(C)O[C@H](O)[C@H]1O. The van der Waals surface area contributed by atoms with Gasteiger partial charge in [0.05, 0.1) is 6.10 Å². The second-order valence-corrected chi connectivity index (χ2v) is 5.10. The Morgan fingerprint density at radius 1 is 0.947 bits per heavy atom. The van der Waals surface area contributed by atoms with E-state index in [1.165, 1.54) is 0 Å². The van der Waals surface area contributed by atoms with Crippen LogP contribution in [0, 0.1) is 0 Å². The molecule has 2 unspecified atom stereocenters. The molecule has 1 heterocycles. The molecule has 2 N–H and O–H groups in total. The second kappa shape index (κ2) is 8.87. The van der Waals surface area contributed by atoms with Crippen molar-refractivity contribution in [2.75, 3.05) is 13.2 Å². The zero-order chi connectivity index (χ0) is 14.3. The summed E-state index contributed by atoms with van der Waals surface area (Å²) in [6, 6.07) is 0. The number of hydrogen-bond donors (Lipinski definition) is 2. The molecule has 19 heavy (non-hydrogen) atoms. The van der Waals surface area contributed by atoms with Crippen LogP contribution in [0.5, 0.6) is 0 Å². The third-order valence-corrected chi connectivity index (χ3v) is 3.39. The number of aliphatic hydroxyl groups excluding tert-OH is 2. The molecule has 0 aromatic carbocycles. The topological polar surface area (TPSA) is 68.2 Å². The van der Waals surface area contributed by atoms with E-state index >= 15 is 0 Å². The summed E-state index contributed by atoms with van der Waals surface area (Å²) in [5.41, 5.74) is 0. The number of aliphatic hydroxyl groups is 2. The van der Waals surface area contributed by atoms with Crippen LogP contribution in [0.15, 0.2) is 0 Å². The molecule has 0 amide bonds. The summed E-state index contributed by atoms with van der Waals surface area (Å²) in [5, 5.41) is 19.7. The van der Waals surface area contributed by atoms with Crippen LogP contribution in [0.25, 0.3) is 0 Å². The molecule has 0 radical (unpaired) electrons. The molecule has 1 rings (SSSR count). The first-order chi connectivity index (χ1) is 9.11. The van der Waals surface area contributed by atoms with Gasteiger partial charge in [0.25, 0.3) is 0 Å². The van der Waals surface area contributed by atoms with Gasteiger partial charge >= 0.3 is 0 Å². The average Bonchev–Trinajstić information content (AvgIpc) is 2.38. The van der Waals surface area contributed by atoms with Crippen LogP contribution < -0.4 is 0 Å². The van der Waals surface area contributed by atoms with Crippen molar-refractivity contribution in [3.8, 4) is 0 Å². The summed E-state index contributed by atoms with van der Waals surface area (Å²) < 4.78 is 16.8. The van der Waals surface area contributed by atoms with Crippen molar-refractivity contribution in [1.29, 1.82) is 0 Å². The Balaban J connectivity index is 2.57. The van der Waals surface area contributed by atoms with Gasteiger partial charge in [-0.15, -0.1) is 0 Å². The van der Waals surface area contributed by atoms with Gasteiger partial charge in [-0.2, -0.15) is 0 Å². The Labute approximate surface area is 115 Å². The molecule has 1 saturated heterocycles. The molecule has 0 aliphatic carbocycles. The van der Waals surface area contributed by atoms with Gasteiger partial charge in [-0.25, -0.2) is 0 Å². The Bertz CT molecular complexity index is 236. The van der Waals surface area contributed by atoms with Gasteiger partial charge in [-0.05, 0) is 19.8 Å². The average molecular weight is 276 g/mol. The molecule has 0 saturated carbocycles. The highest BCUT2D eigenvalue weighted by Crippen LogP contribution is 2.25. The minimum Gasteiger partial charge on any atom is -0.385 e. The lowest BCUT2D eigenvalue weighted by Crippen LogP contribution is -2.58. The van der Waals surface area contributed by atoms with Crippen LogP contribution in [0.4, 0.5) is 0 Å². The Morgan fingerprint density at radius 3 is 2.00 bits per heavy atom. The zero-order valence-electron chi connectivity index (χ0n) is 12.2. The van der Waals surface area contributed by atoms with Gasteiger partial charge in [0, 0.05) is 13.2 Å². The molecular weight excluding hydrogens is 248 g/mol. The highest BCUT2D eigenvalue weighted by molar-refractivity contribution is 4.89. The lowest BCUT2D eigenvalue weighted by atomic mass is 9.99. The highest BCUT2D eigenvalue weighted by Gasteiger charge is 2.44. The smallest absolute Gasteiger partial charge is 0.183 e. The molecule has 0 aromatic heterocycles. The van der Waals surface area contributed by atoms with Crippen LogP contribution in [0.2, 0.25) is 0 Å². The lowest BCUT2D eigenvalue weighted by molar-refractivity contribution is -0.293. The minimum atomic E-state index is -1.20. The summed E-state index contributed by atoms with van der Waals surface area (Å²) >= 11 is 0. The van der Waals surface area contributed by atoms with E-state index in [0.717, 1.165) is 25.7 Å². The highest BCUT2D eigenvalue weighted by atomic mass is 16.7. The van der Waals surface area contributed by atoms with Gasteiger partial charge in [0.15, 0.2) is 6.29 Å². The first-order valence-electron chi connectivity index (χ1n) is 7.36. The normalized spacial score (nSPS) is 35.5. The van der Waals surface area contributed by atoms with Crippen LogP contribution >= 0.6 is 0 Å². The summed E-state index contributed by atoms with van der Waals surface area (Å²) in [6.45, 7) is 7.19. The van der Waals surface area contributed by atoms with Gasteiger partial charge < -0.3 is 24.4 Å². The largest absolute Gasteiger partial charge is 0.385 e. The molecule has 5 nitrogen and oxygen atoms in total. The summed E-state index contributed by atoms with van der Waals surface area (Å²) in [6.07, 6.45) is 0.561. The van der Waals surface area contributed by atoms with Crippen LogP contribution in [0.3, 0.4) is 0 Å². The third kappa shape index (κ3) is 5.00. The fraction of sp³-hybridized carbons (Fsp3) is 1.00. The van der Waals surface area contributed by atoms with Crippen molar-refractivity contribution in [3.05, 3.63) is 0 Å². The van der Waals surface area contributed by atoms with Crippen molar-refractivity contribution in [1.82, 2.24) is 0 Å². The zero-order valence-corrected chi connectivity index (χ0v) is 12.2. The molecular formula is C14H28O5. The molecule has 0 spiro atoms. The quantitative estimate of drug-likeness (QED) is 0.657. The van der Waals surface area contributed by atoms with Crippen LogP contribution in [-0.4, -0.2) is 54.1 Å².